The van der Waals surface area contributed by atoms with Crippen molar-refractivity contribution in [3.05, 3.63) is 24.3 Å². The minimum atomic E-state index is -0.345. The zero-order chi connectivity index (χ0) is 14.7. The molecule has 5 nitrogen and oxygen atoms in total. The molecule has 0 bridgehead atoms. The molecule has 20 heavy (non-hydrogen) atoms. The molecule has 5 heteroatoms. The summed E-state index contributed by atoms with van der Waals surface area (Å²) in [6.45, 7) is 6.68. The van der Waals surface area contributed by atoms with Crippen LogP contribution >= 0.6 is 0 Å². The van der Waals surface area contributed by atoms with Crippen molar-refractivity contribution >= 4 is 23.2 Å². The van der Waals surface area contributed by atoms with Crippen LogP contribution in [0.2, 0.25) is 0 Å². The van der Waals surface area contributed by atoms with E-state index in [2.05, 4.69) is 10.6 Å². The summed E-state index contributed by atoms with van der Waals surface area (Å²) in [6.07, 6.45) is 0. The van der Waals surface area contributed by atoms with Crippen LogP contribution in [-0.2, 0) is 9.59 Å². The highest BCUT2D eigenvalue weighted by molar-refractivity contribution is 6.03. The number of para-hydroxylation sites is 2. The summed E-state index contributed by atoms with van der Waals surface area (Å²) in [5.41, 5.74) is 1.66. The Labute approximate surface area is 119 Å². The van der Waals surface area contributed by atoms with E-state index in [4.69, 9.17) is 0 Å². The highest BCUT2D eigenvalue weighted by atomic mass is 16.2. The fourth-order valence-electron chi connectivity index (χ4n) is 2.59. The fraction of sp³-hybridized carbons (Fsp3) is 0.467. The Hall–Kier alpha value is -2.04. The van der Waals surface area contributed by atoms with Crippen molar-refractivity contribution in [1.82, 2.24) is 5.32 Å². The quantitative estimate of drug-likeness (QED) is 0.877. The van der Waals surface area contributed by atoms with E-state index in [0.29, 0.717) is 6.54 Å². The number of amides is 2. The number of carbonyl (C=O) groups is 2. The van der Waals surface area contributed by atoms with Gasteiger partial charge in [-0.1, -0.05) is 26.0 Å². The minimum absolute atomic E-state index is 0.0352. The maximum atomic E-state index is 12.3. The van der Waals surface area contributed by atoms with Crippen molar-refractivity contribution in [1.29, 1.82) is 0 Å². The summed E-state index contributed by atoms with van der Waals surface area (Å²) in [7, 11) is 0. The second-order valence-electron chi connectivity index (χ2n) is 5.28. The summed E-state index contributed by atoms with van der Waals surface area (Å²) in [5.74, 6) is -0.00819. The summed E-state index contributed by atoms with van der Waals surface area (Å²) in [4.78, 5) is 26.1. The van der Waals surface area contributed by atoms with E-state index in [1.807, 2.05) is 49.9 Å². The summed E-state index contributed by atoms with van der Waals surface area (Å²) in [6, 6.07) is 7.23. The van der Waals surface area contributed by atoms with Crippen LogP contribution in [0.15, 0.2) is 24.3 Å². The molecule has 0 fully saturated rings. The van der Waals surface area contributed by atoms with Crippen LogP contribution < -0.4 is 15.5 Å². The normalized spacial score (nSPS) is 15.6. The molecule has 2 N–H and O–H groups in total. The van der Waals surface area contributed by atoms with Crippen LogP contribution in [0.3, 0.4) is 0 Å². The predicted molar refractivity (Wildman–Crippen MR) is 79.7 cm³/mol. The summed E-state index contributed by atoms with van der Waals surface area (Å²) >= 11 is 0. The van der Waals surface area contributed by atoms with E-state index in [-0.39, 0.29) is 30.3 Å². The number of benzene rings is 1. The smallest absolute Gasteiger partial charge is 0.243 e. The molecular formula is C15H21N3O2. The molecule has 1 unspecified atom stereocenters. The Bertz CT molecular complexity index is 514. The number of nitrogens with one attached hydrogen (secondary N) is 2. The Balaban J connectivity index is 2.38. The maximum absolute atomic E-state index is 12.3. The van der Waals surface area contributed by atoms with Gasteiger partial charge in [0.15, 0.2) is 0 Å². The molecule has 0 saturated carbocycles. The first kappa shape index (κ1) is 14.4. The van der Waals surface area contributed by atoms with Gasteiger partial charge in [-0.15, -0.1) is 0 Å². The molecule has 108 valence electrons. The van der Waals surface area contributed by atoms with Gasteiger partial charge >= 0.3 is 0 Å². The van der Waals surface area contributed by atoms with Crippen molar-refractivity contribution in [2.45, 2.75) is 26.8 Å². The molecule has 0 aromatic heterocycles. The molecule has 1 aromatic carbocycles. The molecule has 0 radical (unpaired) electrons. The number of likely N-dealkylation sites (N-methyl/N-ethyl adjacent to an activating group) is 1. The lowest BCUT2D eigenvalue weighted by atomic mass is 9.99. The van der Waals surface area contributed by atoms with Crippen LogP contribution in [0.4, 0.5) is 11.4 Å². The number of anilines is 2. The first-order valence-electron chi connectivity index (χ1n) is 6.97. The SMILES string of the molecule is CCNC(=O)C(C(C)C)N1CC(=O)Nc2ccccc21. The number of rotatable bonds is 4. The topological polar surface area (TPSA) is 61.4 Å². The van der Waals surface area contributed by atoms with Gasteiger partial charge in [-0.25, -0.2) is 0 Å². The van der Waals surface area contributed by atoms with Crippen LogP contribution in [0.5, 0.6) is 0 Å². The third kappa shape index (κ3) is 2.76. The zero-order valence-corrected chi connectivity index (χ0v) is 12.1. The molecule has 0 spiro atoms. The predicted octanol–water partition coefficient (Wildman–Crippen LogP) is 1.61. The number of carbonyl (C=O) groups excluding carboxylic acids is 2. The van der Waals surface area contributed by atoms with E-state index >= 15 is 0 Å². The highest BCUT2D eigenvalue weighted by Gasteiger charge is 2.33. The molecular weight excluding hydrogens is 254 g/mol. The Morgan fingerprint density at radius 2 is 2.10 bits per heavy atom. The van der Waals surface area contributed by atoms with Crippen molar-refractivity contribution < 1.29 is 9.59 Å². The van der Waals surface area contributed by atoms with Gasteiger partial charge < -0.3 is 15.5 Å². The lowest BCUT2D eigenvalue weighted by Crippen LogP contribution is -2.54. The number of fused-ring (bicyclic) bond motifs is 1. The van der Waals surface area contributed by atoms with Crippen LogP contribution in [-0.4, -0.2) is 30.9 Å². The lowest BCUT2D eigenvalue weighted by molar-refractivity contribution is -0.123. The first-order chi connectivity index (χ1) is 9.54. The van der Waals surface area contributed by atoms with E-state index in [0.717, 1.165) is 11.4 Å². The molecule has 1 aliphatic rings. The van der Waals surface area contributed by atoms with Gasteiger partial charge in [-0.3, -0.25) is 9.59 Å². The third-order valence-corrected chi connectivity index (χ3v) is 3.39. The summed E-state index contributed by atoms with van der Waals surface area (Å²) < 4.78 is 0. The van der Waals surface area contributed by atoms with Crippen molar-refractivity contribution in [2.24, 2.45) is 5.92 Å². The van der Waals surface area contributed by atoms with Gasteiger partial charge in [0.25, 0.3) is 0 Å². The Morgan fingerprint density at radius 1 is 1.40 bits per heavy atom. The number of nitrogens with zero attached hydrogens (tertiary/aromatic N) is 1. The average molecular weight is 275 g/mol. The second kappa shape index (κ2) is 5.94. The molecule has 1 aliphatic heterocycles. The van der Waals surface area contributed by atoms with Crippen molar-refractivity contribution in [3.8, 4) is 0 Å². The second-order valence-corrected chi connectivity index (χ2v) is 5.28. The Morgan fingerprint density at radius 3 is 2.75 bits per heavy atom. The molecule has 2 rings (SSSR count). The highest BCUT2D eigenvalue weighted by Crippen LogP contribution is 2.32. The maximum Gasteiger partial charge on any atom is 0.243 e. The van der Waals surface area contributed by atoms with Crippen LogP contribution in [0, 0.1) is 5.92 Å². The third-order valence-electron chi connectivity index (χ3n) is 3.39. The van der Waals surface area contributed by atoms with Gasteiger partial charge in [-0.2, -0.15) is 0 Å². The van der Waals surface area contributed by atoms with Gasteiger partial charge in [0, 0.05) is 6.54 Å². The molecule has 1 aromatic rings. The van der Waals surface area contributed by atoms with E-state index < -0.39 is 0 Å². The van der Waals surface area contributed by atoms with E-state index in [1.54, 1.807) is 0 Å². The lowest BCUT2D eigenvalue weighted by Gasteiger charge is -2.38. The molecule has 2 amide bonds. The van der Waals surface area contributed by atoms with Crippen molar-refractivity contribution in [3.63, 3.8) is 0 Å². The van der Waals surface area contributed by atoms with E-state index in [9.17, 15) is 9.59 Å². The standard InChI is InChI=1S/C15H21N3O2/c1-4-16-15(20)14(10(2)3)18-9-13(19)17-11-7-5-6-8-12(11)18/h5-8,10,14H,4,9H2,1-3H3,(H,16,20)(H,17,19). The number of hydrogen-bond acceptors (Lipinski definition) is 3. The van der Waals surface area contributed by atoms with Gasteiger partial charge in [0.2, 0.25) is 11.8 Å². The van der Waals surface area contributed by atoms with Gasteiger partial charge in [-0.05, 0) is 25.0 Å². The zero-order valence-electron chi connectivity index (χ0n) is 12.1. The first-order valence-corrected chi connectivity index (χ1v) is 6.97. The largest absolute Gasteiger partial charge is 0.355 e. The van der Waals surface area contributed by atoms with Crippen LogP contribution in [0.1, 0.15) is 20.8 Å². The molecule has 0 saturated heterocycles. The molecule has 1 atom stereocenters. The minimum Gasteiger partial charge on any atom is -0.355 e. The molecule has 1 heterocycles. The fourth-order valence-corrected chi connectivity index (χ4v) is 2.59. The Kier molecular flexibility index (Phi) is 4.27. The monoisotopic (exact) mass is 275 g/mol. The van der Waals surface area contributed by atoms with Crippen molar-refractivity contribution in [2.75, 3.05) is 23.3 Å². The van der Waals surface area contributed by atoms with Gasteiger partial charge in [0.05, 0.1) is 17.9 Å². The van der Waals surface area contributed by atoms with Gasteiger partial charge in [0.1, 0.15) is 6.04 Å². The summed E-state index contributed by atoms with van der Waals surface area (Å²) in [5, 5.41) is 5.70. The number of hydrogen-bond donors (Lipinski definition) is 2. The average Bonchev–Trinajstić information content (AvgIpc) is 2.38. The van der Waals surface area contributed by atoms with Crippen LogP contribution in [0.25, 0.3) is 0 Å². The molecule has 0 aliphatic carbocycles. The van der Waals surface area contributed by atoms with E-state index in [1.165, 1.54) is 0 Å².